The lowest BCUT2D eigenvalue weighted by Crippen LogP contribution is -2.46. The van der Waals surface area contributed by atoms with E-state index in [-0.39, 0.29) is 5.91 Å². The molecule has 28 heavy (non-hydrogen) atoms. The quantitative estimate of drug-likeness (QED) is 0.601. The molecule has 2 heterocycles. The van der Waals surface area contributed by atoms with Gasteiger partial charge in [-0.25, -0.2) is 0 Å². The summed E-state index contributed by atoms with van der Waals surface area (Å²) in [5.41, 5.74) is 1.89. The van der Waals surface area contributed by atoms with Gasteiger partial charge in [-0.3, -0.25) is 14.7 Å². The fraction of sp³-hybridized carbons (Fsp3) is 0.619. The summed E-state index contributed by atoms with van der Waals surface area (Å²) in [6, 6.07) is 8.47. The van der Waals surface area contributed by atoms with Gasteiger partial charge >= 0.3 is 0 Å². The van der Waals surface area contributed by atoms with Gasteiger partial charge in [-0.2, -0.15) is 0 Å². The Morgan fingerprint density at radius 1 is 1.29 bits per heavy atom. The topological polar surface area (TPSA) is 60.4 Å². The monoisotopic (exact) mass is 387 g/mol. The van der Waals surface area contributed by atoms with Crippen LogP contribution in [-0.4, -0.2) is 99.7 Å². The van der Waals surface area contributed by atoms with Gasteiger partial charge in [0.25, 0.3) is 5.91 Å². The van der Waals surface area contributed by atoms with Gasteiger partial charge in [-0.15, -0.1) is 0 Å². The summed E-state index contributed by atoms with van der Waals surface area (Å²) in [6.45, 7) is 6.61. The van der Waals surface area contributed by atoms with Crippen LogP contribution in [0.5, 0.6) is 0 Å². The Bertz CT molecular complexity index is 685. The first-order valence-corrected chi connectivity index (χ1v) is 10.2. The van der Waals surface area contributed by atoms with E-state index in [4.69, 9.17) is 4.74 Å². The van der Waals surface area contributed by atoms with E-state index in [9.17, 15) is 4.79 Å². The maximum absolute atomic E-state index is 12.1. The van der Waals surface area contributed by atoms with E-state index < -0.39 is 0 Å². The van der Waals surface area contributed by atoms with Gasteiger partial charge in [0, 0.05) is 65.5 Å². The average Bonchev–Trinajstić information content (AvgIpc) is 3.21. The van der Waals surface area contributed by atoms with Crippen LogP contribution in [0.2, 0.25) is 0 Å². The summed E-state index contributed by atoms with van der Waals surface area (Å²) in [5.74, 6) is 1.01. The molecule has 1 N–H and O–H groups in total. The molecule has 1 atom stereocenters. The van der Waals surface area contributed by atoms with Gasteiger partial charge in [0.05, 0.1) is 13.2 Å². The van der Waals surface area contributed by atoms with Crippen molar-refractivity contribution in [3.8, 4) is 0 Å². The van der Waals surface area contributed by atoms with Gasteiger partial charge in [0.1, 0.15) is 0 Å². The third kappa shape index (κ3) is 5.23. The SMILES string of the molecule is CN=C(NCCc1cccc(C(=O)N(C)C)c1)N1CCC(N2CCOCC2)C1. The molecule has 1 aromatic carbocycles. The molecular weight excluding hydrogens is 354 g/mol. The highest BCUT2D eigenvalue weighted by molar-refractivity contribution is 5.94. The van der Waals surface area contributed by atoms with Crippen molar-refractivity contribution in [3.05, 3.63) is 35.4 Å². The molecular formula is C21H33N5O2. The Morgan fingerprint density at radius 3 is 2.79 bits per heavy atom. The first kappa shape index (κ1) is 20.6. The zero-order valence-electron chi connectivity index (χ0n) is 17.4. The molecule has 2 aliphatic rings. The summed E-state index contributed by atoms with van der Waals surface area (Å²) in [4.78, 5) is 23.1. The van der Waals surface area contributed by atoms with Crippen LogP contribution in [0.25, 0.3) is 0 Å². The molecule has 1 amide bonds. The highest BCUT2D eigenvalue weighted by Crippen LogP contribution is 2.17. The molecule has 154 valence electrons. The molecule has 7 heteroatoms. The van der Waals surface area contributed by atoms with Crippen molar-refractivity contribution in [2.75, 3.05) is 67.1 Å². The van der Waals surface area contributed by atoms with Gasteiger partial charge in [0.2, 0.25) is 0 Å². The lowest BCUT2D eigenvalue weighted by Gasteiger charge is -2.32. The summed E-state index contributed by atoms with van der Waals surface area (Å²) in [7, 11) is 5.41. The molecule has 2 fully saturated rings. The number of likely N-dealkylation sites (tertiary alicyclic amines) is 1. The van der Waals surface area contributed by atoms with Crippen LogP contribution in [0.3, 0.4) is 0 Å². The molecule has 1 aromatic rings. The molecule has 2 saturated heterocycles. The van der Waals surface area contributed by atoms with Crippen LogP contribution in [0.1, 0.15) is 22.3 Å². The molecule has 1 unspecified atom stereocenters. The van der Waals surface area contributed by atoms with Gasteiger partial charge in [-0.05, 0) is 30.5 Å². The fourth-order valence-electron chi connectivity index (χ4n) is 3.94. The molecule has 0 aromatic heterocycles. The zero-order valence-corrected chi connectivity index (χ0v) is 17.4. The van der Waals surface area contributed by atoms with E-state index >= 15 is 0 Å². The summed E-state index contributed by atoms with van der Waals surface area (Å²) in [5, 5.41) is 3.49. The van der Waals surface area contributed by atoms with Crippen molar-refractivity contribution in [2.45, 2.75) is 18.9 Å². The second kappa shape index (κ2) is 9.89. The third-order valence-electron chi connectivity index (χ3n) is 5.51. The van der Waals surface area contributed by atoms with E-state index in [2.05, 4.69) is 26.2 Å². The Balaban J connectivity index is 1.48. The third-order valence-corrected chi connectivity index (χ3v) is 5.51. The first-order valence-electron chi connectivity index (χ1n) is 10.2. The van der Waals surface area contributed by atoms with Crippen molar-refractivity contribution in [1.29, 1.82) is 0 Å². The first-order chi connectivity index (χ1) is 13.6. The largest absolute Gasteiger partial charge is 0.379 e. The predicted molar refractivity (Wildman–Crippen MR) is 112 cm³/mol. The number of nitrogens with zero attached hydrogens (tertiary/aromatic N) is 4. The van der Waals surface area contributed by atoms with E-state index in [1.807, 2.05) is 25.2 Å². The lowest BCUT2D eigenvalue weighted by atomic mass is 10.1. The Morgan fingerprint density at radius 2 is 2.07 bits per heavy atom. The minimum Gasteiger partial charge on any atom is -0.379 e. The van der Waals surface area contributed by atoms with E-state index in [0.717, 1.165) is 69.4 Å². The van der Waals surface area contributed by atoms with Gasteiger partial charge in [-0.1, -0.05) is 12.1 Å². The normalized spacial score (nSPS) is 21.0. The number of benzene rings is 1. The fourth-order valence-corrected chi connectivity index (χ4v) is 3.94. The zero-order chi connectivity index (χ0) is 19.9. The molecule has 0 spiro atoms. The van der Waals surface area contributed by atoms with E-state index in [0.29, 0.717) is 6.04 Å². The number of carbonyl (C=O) groups excluding carboxylic acids is 1. The molecule has 3 rings (SSSR count). The predicted octanol–water partition coefficient (Wildman–Crippen LogP) is 0.913. The summed E-state index contributed by atoms with van der Waals surface area (Å²) >= 11 is 0. The second-order valence-corrected chi connectivity index (χ2v) is 7.66. The summed E-state index contributed by atoms with van der Waals surface area (Å²) < 4.78 is 5.47. The average molecular weight is 388 g/mol. The van der Waals surface area contributed by atoms with E-state index in [1.54, 1.807) is 19.0 Å². The number of ether oxygens (including phenoxy) is 1. The Kier molecular flexibility index (Phi) is 7.28. The number of amides is 1. The number of hydrogen-bond acceptors (Lipinski definition) is 4. The minimum absolute atomic E-state index is 0.0387. The van der Waals surface area contributed by atoms with Crippen LogP contribution in [-0.2, 0) is 11.2 Å². The number of aliphatic imine (C=N–C) groups is 1. The van der Waals surface area contributed by atoms with Crippen molar-refractivity contribution >= 4 is 11.9 Å². The molecule has 0 aliphatic carbocycles. The Labute approximate surface area is 168 Å². The molecule has 7 nitrogen and oxygen atoms in total. The maximum Gasteiger partial charge on any atom is 0.253 e. The van der Waals surface area contributed by atoms with Crippen LogP contribution in [0.15, 0.2) is 29.3 Å². The van der Waals surface area contributed by atoms with Crippen LogP contribution < -0.4 is 5.32 Å². The number of guanidine groups is 1. The highest BCUT2D eigenvalue weighted by atomic mass is 16.5. The second-order valence-electron chi connectivity index (χ2n) is 7.66. The standard InChI is InChI=1S/C21H33N5O2/c1-22-21(26-10-8-19(16-26)25-11-13-28-14-12-25)23-9-7-17-5-4-6-18(15-17)20(27)24(2)3/h4-6,15,19H,7-14,16H2,1-3H3,(H,22,23). The van der Waals surface area contributed by atoms with Crippen LogP contribution >= 0.6 is 0 Å². The highest BCUT2D eigenvalue weighted by Gasteiger charge is 2.30. The number of rotatable bonds is 5. The van der Waals surface area contributed by atoms with Crippen LogP contribution in [0.4, 0.5) is 0 Å². The van der Waals surface area contributed by atoms with Gasteiger partial charge in [0.15, 0.2) is 5.96 Å². The number of nitrogens with one attached hydrogen (secondary N) is 1. The van der Waals surface area contributed by atoms with Crippen molar-refractivity contribution in [3.63, 3.8) is 0 Å². The molecule has 0 bridgehead atoms. The van der Waals surface area contributed by atoms with Crippen molar-refractivity contribution in [1.82, 2.24) is 20.0 Å². The Hall–Kier alpha value is -2.12. The van der Waals surface area contributed by atoms with Crippen LogP contribution in [0, 0.1) is 0 Å². The molecule has 2 aliphatic heterocycles. The number of carbonyl (C=O) groups is 1. The molecule has 0 saturated carbocycles. The number of hydrogen-bond donors (Lipinski definition) is 1. The van der Waals surface area contributed by atoms with Gasteiger partial charge < -0.3 is 19.9 Å². The van der Waals surface area contributed by atoms with Crippen molar-refractivity contribution in [2.24, 2.45) is 4.99 Å². The number of morpholine rings is 1. The lowest BCUT2D eigenvalue weighted by molar-refractivity contribution is 0.0195. The van der Waals surface area contributed by atoms with E-state index in [1.165, 1.54) is 6.42 Å². The smallest absolute Gasteiger partial charge is 0.253 e. The van der Waals surface area contributed by atoms with Crippen molar-refractivity contribution < 1.29 is 9.53 Å². The molecule has 0 radical (unpaired) electrons. The maximum atomic E-state index is 12.1. The minimum atomic E-state index is 0.0387. The summed E-state index contributed by atoms with van der Waals surface area (Å²) in [6.07, 6.45) is 2.03.